The largest absolute Gasteiger partial charge is 0.332 e. The fourth-order valence-electron chi connectivity index (χ4n) is 5.50. The average Bonchev–Trinajstić information content (AvgIpc) is 3.13. The van der Waals surface area contributed by atoms with Crippen LogP contribution in [0.4, 0.5) is 0 Å². The molecule has 1 aliphatic rings. The lowest BCUT2D eigenvalue weighted by atomic mass is 9.92. The zero-order valence-corrected chi connectivity index (χ0v) is 19.8. The van der Waals surface area contributed by atoms with Crippen molar-refractivity contribution in [2.45, 2.75) is 33.4 Å². The highest BCUT2D eigenvalue weighted by atomic mass is 16.2. The molecule has 5 rings (SSSR count). The Morgan fingerprint density at radius 1 is 0.909 bits per heavy atom. The van der Waals surface area contributed by atoms with Gasteiger partial charge in [-0.3, -0.25) is 18.8 Å². The molecule has 0 saturated carbocycles. The first-order chi connectivity index (χ1) is 15.8. The number of benzene rings is 2. The van der Waals surface area contributed by atoms with E-state index in [1.54, 1.807) is 7.05 Å². The summed E-state index contributed by atoms with van der Waals surface area (Å²) in [5, 5.41) is 2.33. The number of piperidine rings is 1. The zero-order valence-electron chi connectivity index (χ0n) is 19.8. The van der Waals surface area contributed by atoms with E-state index >= 15 is 0 Å². The van der Waals surface area contributed by atoms with Crippen LogP contribution in [-0.4, -0.2) is 36.7 Å². The van der Waals surface area contributed by atoms with Gasteiger partial charge in [-0.2, -0.15) is 0 Å². The molecule has 0 aliphatic carbocycles. The number of aromatic nitrogens is 4. The summed E-state index contributed by atoms with van der Waals surface area (Å²) < 4.78 is 4.70. The molecule has 0 amide bonds. The Kier molecular flexibility index (Phi) is 5.44. The third-order valence-electron chi connectivity index (χ3n) is 6.94. The van der Waals surface area contributed by atoms with Crippen LogP contribution in [0.3, 0.4) is 0 Å². The molecule has 2 aromatic heterocycles. The molecule has 2 aromatic carbocycles. The van der Waals surface area contributed by atoms with Crippen molar-refractivity contribution in [1.29, 1.82) is 0 Å². The monoisotopic (exact) mass is 445 g/mol. The Morgan fingerprint density at radius 2 is 1.61 bits per heavy atom. The fourth-order valence-corrected chi connectivity index (χ4v) is 5.50. The van der Waals surface area contributed by atoms with Crippen molar-refractivity contribution in [3.05, 3.63) is 74.7 Å². The maximum absolute atomic E-state index is 13.3. The van der Waals surface area contributed by atoms with Gasteiger partial charge in [-0.05, 0) is 34.6 Å². The Bertz CT molecular complexity index is 1450. The van der Waals surface area contributed by atoms with Crippen LogP contribution in [0, 0.1) is 11.8 Å². The number of rotatable bonds is 4. The second kappa shape index (κ2) is 8.30. The zero-order chi connectivity index (χ0) is 23.3. The van der Waals surface area contributed by atoms with Crippen molar-refractivity contribution in [3.8, 4) is 0 Å². The van der Waals surface area contributed by atoms with E-state index in [2.05, 4.69) is 49.1 Å². The van der Waals surface area contributed by atoms with Gasteiger partial charge in [-0.1, -0.05) is 56.3 Å². The van der Waals surface area contributed by atoms with E-state index in [9.17, 15) is 9.59 Å². The average molecular weight is 446 g/mol. The van der Waals surface area contributed by atoms with E-state index in [4.69, 9.17) is 4.98 Å². The van der Waals surface area contributed by atoms with Crippen molar-refractivity contribution in [3.63, 3.8) is 0 Å². The van der Waals surface area contributed by atoms with Crippen LogP contribution in [0.1, 0.15) is 31.7 Å². The normalized spacial score (nSPS) is 19.5. The summed E-state index contributed by atoms with van der Waals surface area (Å²) in [7, 11) is 3.22. The minimum Gasteiger partial charge on any atom is -0.317 e. The Morgan fingerprint density at radius 3 is 2.36 bits per heavy atom. The topological polar surface area (TPSA) is 65.1 Å². The summed E-state index contributed by atoms with van der Waals surface area (Å²) in [6.45, 7) is 7.80. The third kappa shape index (κ3) is 3.80. The molecule has 0 radical (unpaired) electrons. The number of fused-ring (bicyclic) bond motifs is 2. The van der Waals surface area contributed by atoms with E-state index in [-0.39, 0.29) is 11.2 Å². The molecule has 0 unspecified atom stereocenters. The molecule has 1 fully saturated rings. The van der Waals surface area contributed by atoms with Crippen LogP contribution in [0.25, 0.3) is 21.9 Å². The van der Waals surface area contributed by atoms with E-state index in [1.165, 1.54) is 28.0 Å². The van der Waals surface area contributed by atoms with Crippen LogP contribution in [0.5, 0.6) is 0 Å². The maximum Gasteiger partial charge on any atom is 0.332 e. The van der Waals surface area contributed by atoms with E-state index in [1.807, 2.05) is 16.7 Å². The molecule has 1 aliphatic heterocycles. The quantitative estimate of drug-likeness (QED) is 0.484. The van der Waals surface area contributed by atoms with E-state index < -0.39 is 0 Å². The summed E-state index contributed by atoms with van der Waals surface area (Å²) >= 11 is 0. The predicted octanol–water partition coefficient (Wildman–Crippen LogP) is 3.11. The van der Waals surface area contributed by atoms with Crippen molar-refractivity contribution in [1.82, 2.24) is 23.6 Å². The van der Waals surface area contributed by atoms with Gasteiger partial charge in [0.2, 0.25) is 0 Å². The molecule has 2 atom stereocenters. The summed E-state index contributed by atoms with van der Waals surface area (Å²) in [5.41, 5.74) is 1.42. The van der Waals surface area contributed by atoms with Gasteiger partial charge >= 0.3 is 5.69 Å². The lowest BCUT2D eigenvalue weighted by Crippen LogP contribution is -2.39. The number of nitrogens with zero attached hydrogens (tertiary/aromatic N) is 5. The molecule has 33 heavy (non-hydrogen) atoms. The number of aryl methyl sites for hydroxylation is 1. The van der Waals surface area contributed by atoms with Gasteiger partial charge in [0.25, 0.3) is 5.56 Å². The van der Waals surface area contributed by atoms with Crippen LogP contribution < -0.4 is 11.2 Å². The highest BCUT2D eigenvalue weighted by molar-refractivity contribution is 5.85. The fraction of sp³-hybridized carbons (Fsp3) is 0.423. The Balaban J connectivity index is 1.69. The molecule has 0 spiro atoms. The molecule has 4 aromatic rings. The van der Waals surface area contributed by atoms with Gasteiger partial charge in [0, 0.05) is 27.2 Å². The standard InChI is InChI=1S/C26H31N5O2/c1-17-12-18(2)14-30(13-17)16-22-27-24-23(25(32)29(4)26(33)28(24)3)31(22)15-20-10-7-9-19-8-5-6-11-21(19)20/h5-11,17-18H,12-16H2,1-4H3/t17-,18-/m1/s1. The van der Waals surface area contributed by atoms with Gasteiger partial charge in [-0.25, -0.2) is 9.78 Å². The van der Waals surface area contributed by atoms with Crippen molar-refractivity contribution >= 4 is 21.9 Å². The predicted molar refractivity (Wildman–Crippen MR) is 131 cm³/mol. The molecule has 0 N–H and O–H groups in total. The molecule has 7 nitrogen and oxygen atoms in total. The van der Waals surface area contributed by atoms with Crippen molar-refractivity contribution in [2.75, 3.05) is 13.1 Å². The maximum atomic E-state index is 13.3. The second-order valence-corrected chi connectivity index (χ2v) is 9.77. The summed E-state index contributed by atoms with van der Waals surface area (Å²) in [6.07, 6.45) is 1.23. The minimum absolute atomic E-state index is 0.299. The molecular weight excluding hydrogens is 414 g/mol. The lowest BCUT2D eigenvalue weighted by molar-refractivity contribution is 0.130. The van der Waals surface area contributed by atoms with Crippen LogP contribution in [0.15, 0.2) is 52.1 Å². The van der Waals surface area contributed by atoms with Crippen LogP contribution in [-0.2, 0) is 27.2 Å². The number of hydrogen-bond donors (Lipinski definition) is 0. The third-order valence-corrected chi connectivity index (χ3v) is 6.94. The SMILES string of the molecule is C[C@@H]1C[C@@H](C)CN(Cc2nc3c(c(=O)n(C)c(=O)n3C)n2Cc2cccc3ccccc23)C1. The summed E-state index contributed by atoms with van der Waals surface area (Å²) in [6, 6.07) is 14.6. The highest BCUT2D eigenvalue weighted by Gasteiger charge is 2.25. The van der Waals surface area contributed by atoms with Crippen molar-refractivity contribution < 1.29 is 0 Å². The Labute approximate surface area is 192 Å². The van der Waals surface area contributed by atoms with E-state index in [0.717, 1.165) is 29.9 Å². The molecular formula is C26H31N5O2. The minimum atomic E-state index is -0.353. The van der Waals surface area contributed by atoms with Gasteiger partial charge in [0.15, 0.2) is 11.2 Å². The molecule has 172 valence electrons. The van der Waals surface area contributed by atoms with Crippen molar-refractivity contribution in [2.24, 2.45) is 25.9 Å². The van der Waals surface area contributed by atoms with Gasteiger partial charge in [0.1, 0.15) is 5.82 Å². The van der Waals surface area contributed by atoms with E-state index in [0.29, 0.717) is 36.1 Å². The van der Waals surface area contributed by atoms with Gasteiger partial charge < -0.3 is 4.57 Å². The number of likely N-dealkylation sites (tertiary alicyclic amines) is 1. The Hall–Kier alpha value is -3.19. The molecule has 0 bridgehead atoms. The van der Waals surface area contributed by atoms with Gasteiger partial charge in [0.05, 0.1) is 13.1 Å². The smallest absolute Gasteiger partial charge is 0.317 e. The summed E-state index contributed by atoms with van der Waals surface area (Å²) in [4.78, 5) is 33.2. The summed E-state index contributed by atoms with van der Waals surface area (Å²) in [5.74, 6) is 2.08. The first kappa shape index (κ1) is 21.6. The van der Waals surface area contributed by atoms with Crippen LogP contribution >= 0.6 is 0 Å². The first-order valence-electron chi connectivity index (χ1n) is 11.7. The number of hydrogen-bond acceptors (Lipinski definition) is 4. The molecule has 1 saturated heterocycles. The first-order valence-corrected chi connectivity index (χ1v) is 11.7. The number of imidazole rings is 1. The second-order valence-electron chi connectivity index (χ2n) is 9.77. The highest BCUT2D eigenvalue weighted by Crippen LogP contribution is 2.25. The molecule has 3 heterocycles. The van der Waals surface area contributed by atoms with Gasteiger partial charge in [-0.15, -0.1) is 0 Å². The molecule has 7 heteroatoms. The lowest BCUT2D eigenvalue weighted by Gasteiger charge is -2.34. The van der Waals surface area contributed by atoms with Crippen LogP contribution in [0.2, 0.25) is 0 Å².